The number of anilines is 1. The minimum absolute atomic E-state index is 0.206. The maximum Gasteiger partial charge on any atom is 0.125 e. The monoisotopic (exact) mass is 323 g/mol. The standard InChI is InChI=1S/C12H6Cl4FN/c13-7-4-8(14)12(16)10(11(7)15)6-2-1-5(17)3-9(6)18/h1-4H,18H2. The highest BCUT2D eigenvalue weighted by Crippen LogP contribution is 2.44. The van der Waals surface area contributed by atoms with Crippen molar-refractivity contribution in [3.8, 4) is 11.1 Å². The average molecular weight is 325 g/mol. The van der Waals surface area contributed by atoms with E-state index in [1.165, 1.54) is 24.3 Å². The molecule has 94 valence electrons. The lowest BCUT2D eigenvalue weighted by Gasteiger charge is -2.12. The normalized spacial score (nSPS) is 10.7. The second-order valence-electron chi connectivity index (χ2n) is 3.57. The van der Waals surface area contributed by atoms with Gasteiger partial charge in [0.05, 0.1) is 20.1 Å². The molecule has 2 aromatic carbocycles. The van der Waals surface area contributed by atoms with Gasteiger partial charge in [0.2, 0.25) is 0 Å². The van der Waals surface area contributed by atoms with Gasteiger partial charge in [0.25, 0.3) is 0 Å². The first kappa shape index (κ1) is 13.8. The summed E-state index contributed by atoms with van der Waals surface area (Å²) in [5.41, 5.74) is 6.83. The number of rotatable bonds is 1. The van der Waals surface area contributed by atoms with Gasteiger partial charge in [-0.15, -0.1) is 0 Å². The number of hydrogen-bond acceptors (Lipinski definition) is 1. The van der Waals surface area contributed by atoms with Crippen molar-refractivity contribution in [2.45, 2.75) is 0 Å². The molecular formula is C12H6Cl4FN. The molecule has 0 aliphatic rings. The molecule has 0 bridgehead atoms. The van der Waals surface area contributed by atoms with Crippen LogP contribution in [0.15, 0.2) is 24.3 Å². The van der Waals surface area contributed by atoms with E-state index in [1.807, 2.05) is 0 Å². The summed E-state index contributed by atoms with van der Waals surface area (Å²) in [4.78, 5) is 0. The molecule has 0 spiro atoms. The van der Waals surface area contributed by atoms with Crippen molar-refractivity contribution in [1.29, 1.82) is 0 Å². The van der Waals surface area contributed by atoms with Crippen molar-refractivity contribution in [2.75, 3.05) is 5.73 Å². The minimum atomic E-state index is -0.448. The van der Waals surface area contributed by atoms with E-state index in [2.05, 4.69) is 0 Å². The van der Waals surface area contributed by atoms with Crippen LogP contribution >= 0.6 is 46.4 Å². The topological polar surface area (TPSA) is 26.0 Å². The fourth-order valence-corrected chi connectivity index (χ4v) is 2.58. The van der Waals surface area contributed by atoms with Crippen LogP contribution < -0.4 is 5.73 Å². The third-order valence-corrected chi connectivity index (χ3v) is 3.97. The predicted molar refractivity (Wildman–Crippen MR) is 76.3 cm³/mol. The van der Waals surface area contributed by atoms with Crippen LogP contribution in [0.5, 0.6) is 0 Å². The van der Waals surface area contributed by atoms with Gasteiger partial charge in [-0.25, -0.2) is 4.39 Å². The molecule has 0 atom stereocenters. The summed E-state index contributed by atoms with van der Waals surface area (Å²) in [6.45, 7) is 0. The lowest BCUT2D eigenvalue weighted by Crippen LogP contribution is -1.93. The Morgan fingerprint density at radius 1 is 0.889 bits per heavy atom. The van der Waals surface area contributed by atoms with E-state index in [9.17, 15) is 4.39 Å². The molecule has 2 rings (SSSR count). The maximum absolute atomic E-state index is 13.0. The van der Waals surface area contributed by atoms with Crippen LogP contribution in [-0.4, -0.2) is 0 Å². The Kier molecular flexibility index (Phi) is 3.93. The van der Waals surface area contributed by atoms with Crippen LogP contribution in [0.2, 0.25) is 20.1 Å². The smallest absolute Gasteiger partial charge is 0.125 e. The van der Waals surface area contributed by atoms with Crippen molar-refractivity contribution in [1.82, 2.24) is 0 Å². The Morgan fingerprint density at radius 2 is 1.44 bits per heavy atom. The molecule has 18 heavy (non-hydrogen) atoms. The first-order valence-electron chi connectivity index (χ1n) is 4.80. The molecule has 0 heterocycles. The van der Waals surface area contributed by atoms with Crippen molar-refractivity contribution in [3.63, 3.8) is 0 Å². The van der Waals surface area contributed by atoms with E-state index in [4.69, 9.17) is 52.1 Å². The third kappa shape index (κ3) is 2.39. The molecule has 0 amide bonds. The first-order valence-corrected chi connectivity index (χ1v) is 6.31. The Balaban J connectivity index is 2.78. The molecule has 2 N–H and O–H groups in total. The van der Waals surface area contributed by atoms with E-state index in [0.29, 0.717) is 11.1 Å². The zero-order valence-electron chi connectivity index (χ0n) is 8.78. The van der Waals surface area contributed by atoms with Crippen LogP contribution in [0, 0.1) is 5.82 Å². The highest BCUT2D eigenvalue weighted by atomic mass is 35.5. The zero-order valence-corrected chi connectivity index (χ0v) is 11.8. The summed E-state index contributed by atoms with van der Waals surface area (Å²) >= 11 is 24.1. The van der Waals surface area contributed by atoms with Crippen molar-refractivity contribution >= 4 is 52.1 Å². The molecule has 0 aliphatic heterocycles. The van der Waals surface area contributed by atoms with Crippen molar-refractivity contribution < 1.29 is 4.39 Å². The Bertz CT molecular complexity index is 602. The zero-order chi connectivity index (χ0) is 13.4. The Morgan fingerprint density at radius 3 is 1.94 bits per heavy atom. The number of benzene rings is 2. The lowest BCUT2D eigenvalue weighted by atomic mass is 10.0. The Hall–Kier alpha value is -0.670. The number of hydrogen-bond donors (Lipinski definition) is 1. The fourth-order valence-electron chi connectivity index (χ4n) is 1.57. The molecule has 6 heteroatoms. The summed E-state index contributed by atoms with van der Waals surface area (Å²) in [6, 6.07) is 5.35. The molecule has 0 saturated heterocycles. The number of nitrogen functional groups attached to an aromatic ring is 1. The van der Waals surface area contributed by atoms with Gasteiger partial charge < -0.3 is 5.73 Å². The van der Waals surface area contributed by atoms with Crippen LogP contribution in [0.25, 0.3) is 11.1 Å². The molecule has 1 nitrogen and oxygen atoms in total. The summed E-state index contributed by atoms with van der Waals surface area (Å²) in [5, 5.41) is 0.961. The molecule has 0 unspecified atom stereocenters. The van der Waals surface area contributed by atoms with Crippen molar-refractivity contribution in [2.24, 2.45) is 0 Å². The quantitative estimate of drug-likeness (QED) is 0.529. The van der Waals surface area contributed by atoms with Crippen molar-refractivity contribution in [3.05, 3.63) is 50.2 Å². The molecule has 0 aromatic heterocycles. The van der Waals surface area contributed by atoms with Gasteiger partial charge >= 0.3 is 0 Å². The predicted octanol–water partition coefficient (Wildman–Crippen LogP) is 5.69. The molecule has 0 radical (unpaired) electrons. The van der Waals surface area contributed by atoms with Gasteiger partial charge in [-0.1, -0.05) is 46.4 Å². The van der Waals surface area contributed by atoms with Crippen LogP contribution in [0.4, 0.5) is 10.1 Å². The number of nitrogens with two attached hydrogens (primary N) is 1. The highest BCUT2D eigenvalue weighted by Gasteiger charge is 2.17. The highest BCUT2D eigenvalue weighted by molar-refractivity contribution is 6.50. The van der Waals surface area contributed by atoms with Gasteiger partial charge in [0.15, 0.2) is 0 Å². The van der Waals surface area contributed by atoms with Crippen LogP contribution in [0.1, 0.15) is 0 Å². The largest absolute Gasteiger partial charge is 0.398 e. The Labute approximate surface area is 123 Å². The van der Waals surface area contributed by atoms with E-state index in [-0.39, 0.29) is 25.8 Å². The second kappa shape index (κ2) is 5.14. The third-order valence-electron chi connectivity index (χ3n) is 2.39. The summed E-state index contributed by atoms with van der Waals surface area (Å²) in [6.07, 6.45) is 0. The van der Waals surface area contributed by atoms with Gasteiger partial charge in [0.1, 0.15) is 5.82 Å². The van der Waals surface area contributed by atoms with E-state index >= 15 is 0 Å². The van der Waals surface area contributed by atoms with E-state index < -0.39 is 5.82 Å². The lowest BCUT2D eigenvalue weighted by molar-refractivity contribution is 0.628. The molecule has 0 aliphatic carbocycles. The summed E-state index contributed by atoms with van der Waals surface area (Å²) in [7, 11) is 0. The molecule has 0 fully saturated rings. The molecular weight excluding hydrogens is 319 g/mol. The SMILES string of the molecule is Nc1cc(F)ccc1-c1c(Cl)c(Cl)cc(Cl)c1Cl. The molecule has 0 saturated carbocycles. The van der Waals surface area contributed by atoms with Gasteiger partial charge in [-0.3, -0.25) is 0 Å². The van der Waals surface area contributed by atoms with E-state index in [0.717, 1.165) is 0 Å². The summed E-state index contributed by atoms with van der Waals surface area (Å²) in [5.74, 6) is -0.448. The fraction of sp³-hybridized carbons (Fsp3) is 0. The minimum Gasteiger partial charge on any atom is -0.398 e. The van der Waals surface area contributed by atoms with Gasteiger partial charge in [-0.05, 0) is 24.3 Å². The number of halogens is 5. The van der Waals surface area contributed by atoms with Gasteiger partial charge in [-0.2, -0.15) is 0 Å². The summed E-state index contributed by atoms with van der Waals surface area (Å²) < 4.78 is 13.0. The van der Waals surface area contributed by atoms with Gasteiger partial charge in [0, 0.05) is 16.8 Å². The molecule has 2 aromatic rings. The average Bonchev–Trinajstić information content (AvgIpc) is 2.29. The van der Waals surface area contributed by atoms with Crippen LogP contribution in [-0.2, 0) is 0 Å². The maximum atomic E-state index is 13.0. The van der Waals surface area contributed by atoms with E-state index in [1.54, 1.807) is 0 Å². The first-order chi connectivity index (χ1) is 8.41. The van der Waals surface area contributed by atoms with Crippen LogP contribution in [0.3, 0.4) is 0 Å². The second-order valence-corrected chi connectivity index (χ2v) is 5.15.